The Bertz CT molecular complexity index is 1150. The fourth-order valence-electron chi connectivity index (χ4n) is 3.21. The van der Waals surface area contributed by atoms with Crippen molar-refractivity contribution in [3.8, 4) is 23.1 Å². The lowest BCUT2D eigenvalue weighted by Crippen LogP contribution is -2.16. The van der Waals surface area contributed by atoms with E-state index in [0.29, 0.717) is 17.9 Å². The number of rotatable bonds is 8. The maximum atomic E-state index is 12.3. The van der Waals surface area contributed by atoms with Gasteiger partial charge in [0.25, 0.3) is 5.56 Å². The Hall–Kier alpha value is -3.92. The molecule has 0 fully saturated rings. The third kappa shape index (κ3) is 5.37. The molecule has 0 spiro atoms. The van der Waals surface area contributed by atoms with Crippen LogP contribution >= 0.6 is 0 Å². The van der Waals surface area contributed by atoms with Gasteiger partial charge in [0.15, 0.2) is 0 Å². The second-order valence-electron chi connectivity index (χ2n) is 7.17. The molecule has 0 saturated heterocycles. The van der Waals surface area contributed by atoms with Gasteiger partial charge in [-0.3, -0.25) is 9.78 Å². The molecule has 1 heterocycles. The largest absolute Gasteiger partial charge is 0.493 e. The van der Waals surface area contributed by atoms with Crippen LogP contribution in [0.15, 0.2) is 52.4 Å². The van der Waals surface area contributed by atoms with E-state index in [0.717, 1.165) is 35.3 Å². The van der Waals surface area contributed by atoms with Gasteiger partial charge in [0, 0.05) is 5.56 Å². The van der Waals surface area contributed by atoms with Gasteiger partial charge in [-0.05, 0) is 49.1 Å². The van der Waals surface area contributed by atoms with Crippen LogP contribution < -0.4 is 15.7 Å². The van der Waals surface area contributed by atoms with Crippen LogP contribution in [0.5, 0.6) is 5.75 Å². The minimum Gasteiger partial charge on any atom is -0.493 e. The number of ether oxygens (including phenoxy) is 1. The number of hydrogen-bond acceptors (Lipinski definition) is 6. The zero-order valence-corrected chi connectivity index (χ0v) is 17.9. The summed E-state index contributed by atoms with van der Waals surface area (Å²) < 4.78 is 5.89. The fraction of sp³-hybridized carbons (Fsp3) is 0.250. The highest BCUT2D eigenvalue weighted by molar-refractivity contribution is 5.81. The molecule has 0 bridgehead atoms. The van der Waals surface area contributed by atoms with Gasteiger partial charge in [-0.2, -0.15) is 10.4 Å². The van der Waals surface area contributed by atoms with Crippen LogP contribution in [0, 0.1) is 25.2 Å². The van der Waals surface area contributed by atoms with E-state index >= 15 is 0 Å². The predicted octanol–water partition coefficient (Wildman–Crippen LogP) is 4.55. The van der Waals surface area contributed by atoms with Crippen LogP contribution in [0.25, 0.3) is 11.3 Å². The van der Waals surface area contributed by atoms with Gasteiger partial charge < -0.3 is 4.74 Å². The van der Waals surface area contributed by atoms with Gasteiger partial charge >= 0.3 is 0 Å². The van der Waals surface area contributed by atoms with E-state index in [2.05, 4.69) is 27.4 Å². The van der Waals surface area contributed by atoms with Gasteiger partial charge in [0.05, 0.1) is 18.5 Å². The highest BCUT2D eigenvalue weighted by Gasteiger charge is 2.13. The number of aryl methyl sites for hydroxylation is 2. The number of hydrogen-bond donors (Lipinski definition) is 2. The van der Waals surface area contributed by atoms with Gasteiger partial charge in [0.1, 0.15) is 17.4 Å². The van der Waals surface area contributed by atoms with Crippen molar-refractivity contribution in [3.05, 3.63) is 75.1 Å². The molecular formula is C24H25N5O2. The van der Waals surface area contributed by atoms with Crippen LogP contribution in [0.1, 0.15) is 42.0 Å². The van der Waals surface area contributed by atoms with Crippen molar-refractivity contribution in [1.29, 1.82) is 5.26 Å². The molecule has 7 heteroatoms. The summed E-state index contributed by atoms with van der Waals surface area (Å²) in [6, 6.07) is 15.0. The molecule has 0 saturated carbocycles. The first-order valence-electron chi connectivity index (χ1n) is 10.2. The molecule has 0 atom stereocenters. The van der Waals surface area contributed by atoms with Crippen molar-refractivity contribution in [2.24, 2.45) is 5.10 Å². The summed E-state index contributed by atoms with van der Waals surface area (Å²) in [6.07, 6.45) is 3.76. The Balaban J connectivity index is 1.81. The van der Waals surface area contributed by atoms with E-state index in [1.807, 2.05) is 50.2 Å². The number of nitrogens with zero attached hydrogens (tertiary/aromatic N) is 3. The number of nitriles is 1. The Morgan fingerprint density at radius 2 is 1.94 bits per heavy atom. The van der Waals surface area contributed by atoms with Crippen molar-refractivity contribution in [2.45, 2.75) is 33.6 Å². The van der Waals surface area contributed by atoms with Crippen molar-refractivity contribution in [3.63, 3.8) is 0 Å². The van der Waals surface area contributed by atoms with Crippen molar-refractivity contribution in [2.75, 3.05) is 12.0 Å². The van der Waals surface area contributed by atoms with E-state index in [1.165, 1.54) is 0 Å². The highest BCUT2D eigenvalue weighted by atomic mass is 16.5. The summed E-state index contributed by atoms with van der Waals surface area (Å²) in [6.45, 7) is 6.85. The number of nitrogens with one attached hydrogen (secondary N) is 2. The van der Waals surface area contributed by atoms with Crippen LogP contribution in [0.2, 0.25) is 0 Å². The topological polar surface area (TPSA) is 103 Å². The number of unbranched alkanes of at least 4 members (excludes halogenated alkanes) is 1. The first-order chi connectivity index (χ1) is 15.0. The smallest absolute Gasteiger partial charge is 0.270 e. The number of H-pyrrole nitrogens is 1. The second kappa shape index (κ2) is 10.2. The van der Waals surface area contributed by atoms with Crippen LogP contribution in [0.3, 0.4) is 0 Å². The summed E-state index contributed by atoms with van der Waals surface area (Å²) >= 11 is 0. The number of hydrazone groups is 1. The SMILES string of the molecule is CCCCOc1c(C)cc(C=NNc2nc(-c3ccccc3)c(C#N)c(=O)[nH]2)cc1C. The quantitative estimate of drug-likeness (QED) is 0.319. The third-order valence-corrected chi connectivity index (χ3v) is 4.69. The molecule has 3 aromatic rings. The summed E-state index contributed by atoms with van der Waals surface area (Å²) in [5.74, 6) is 1.07. The normalized spacial score (nSPS) is 10.8. The maximum absolute atomic E-state index is 12.3. The lowest BCUT2D eigenvalue weighted by Gasteiger charge is -2.12. The van der Waals surface area contributed by atoms with Gasteiger partial charge in [-0.25, -0.2) is 10.4 Å². The van der Waals surface area contributed by atoms with E-state index < -0.39 is 5.56 Å². The standard InChI is InChI=1S/C24H25N5O2/c1-4-5-11-31-22-16(2)12-18(13-17(22)3)15-26-29-24-27-21(19-9-7-6-8-10-19)20(14-25)23(30)28-24/h6-10,12-13,15H,4-5,11H2,1-3H3,(H2,27,28,29,30). The average molecular weight is 415 g/mol. The van der Waals surface area contributed by atoms with E-state index in [-0.39, 0.29) is 11.5 Å². The van der Waals surface area contributed by atoms with Crippen LogP contribution in [-0.4, -0.2) is 22.8 Å². The average Bonchev–Trinajstić information content (AvgIpc) is 2.76. The molecule has 0 aliphatic rings. The molecule has 0 aliphatic heterocycles. The Morgan fingerprint density at radius 1 is 1.23 bits per heavy atom. The second-order valence-corrected chi connectivity index (χ2v) is 7.17. The van der Waals surface area contributed by atoms with E-state index in [4.69, 9.17) is 4.74 Å². The van der Waals surface area contributed by atoms with Crippen molar-refractivity contribution < 1.29 is 4.74 Å². The zero-order valence-electron chi connectivity index (χ0n) is 17.9. The number of benzene rings is 2. The van der Waals surface area contributed by atoms with Crippen molar-refractivity contribution in [1.82, 2.24) is 9.97 Å². The monoisotopic (exact) mass is 415 g/mol. The Kier molecular flexibility index (Phi) is 7.17. The molecule has 31 heavy (non-hydrogen) atoms. The summed E-state index contributed by atoms with van der Waals surface area (Å²) in [5, 5.41) is 13.5. The molecule has 0 unspecified atom stereocenters. The van der Waals surface area contributed by atoms with Gasteiger partial charge in [0.2, 0.25) is 5.95 Å². The van der Waals surface area contributed by atoms with Crippen LogP contribution in [0.4, 0.5) is 5.95 Å². The number of aromatic amines is 1. The molecule has 2 N–H and O–H groups in total. The fourth-order valence-corrected chi connectivity index (χ4v) is 3.21. The number of anilines is 1. The molecule has 0 radical (unpaired) electrons. The molecule has 7 nitrogen and oxygen atoms in total. The predicted molar refractivity (Wildman–Crippen MR) is 123 cm³/mol. The van der Waals surface area contributed by atoms with Crippen LogP contribution in [-0.2, 0) is 0 Å². The molecule has 0 aliphatic carbocycles. The molecule has 0 amide bonds. The summed E-state index contributed by atoms with van der Waals surface area (Å²) in [7, 11) is 0. The minimum atomic E-state index is -0.519. The van der Waals surface area contributed by atoms with E-state index in [1.54, 1.807) is 18.3 Å². The minimum absolute atomic E-state index is 0.0364. The molecule has 3 rings (SSSR count). The molecular weight excluding hydrogens is 390 g/mol. The Morgan fingerprint density at radius 3 is 2.58 bits per heavy atom. The molecule has 1 aromatic heterocycles. The number of aromatic nitrogens is 2. The molecule has 2 aromatic carbocycles. The molecule has 158 valence electrons. The highest BCUT2D eigenvalue weighted by Crippen LogP contribution is 2.24. The maximum Gasteiger partial charge on any atom is 0.270 e. The lowest BCUT2D eigenvalue weighted by molar-refractivity contribution is 0.305. The van der Waals surface area contributed by atoms with Crippen molar-refractivity contribution >= 4 is 12.2 Å². The first-order valence-corrected chi connectivity index (χ1v) is 10.2. The van der Waals surface area contributed by atoms with Gasteiger partial charge in [-0.1, -0.05) is 43.7 Å². The zero-order chi connectivity index (χ0) is 22.2. The van der Waals surface area contributed by atoms with E-state index in [9.17, 15) is 10.1 Å². The third-order valence-electron chi connectivity index (χ3n) is 4.69. The summed E-state index contributed by atoms with van der Waals surface area (Å²) in [5.41, 5.74) is 6.15. The summed E-state index contributed by atoms with van der Waals surface area (Å²) in [4.78, 5) is 19.2. The Labute approximate surface area is 181 Å². The lowest BCUT2D eigenvalue weighted by atomic mass is 10.1. The first kappa shape index (κ1) is 21.8. The van der Waals surface area contributed by atoms with Gasteiger partial charge in [-0.15, -0.1) is 0 Å².